The summed E-state index contributed by atoms with van der Waals surface area (Å²) in [5.74, 6) is 1.51. The van der Waals surface area contributed by atoms with Gasteiger partial charge in [-0.15, -0.1) is 0 Å². The molecular formula is C18H20N2O3S. The van der Waals surface area contributed by atoms with Gasteiger partial charge in [0, 0.05) is 29.7 Å². The minimum absolute atomic E-state index is 0.0126. The van der Waals surface area contributed by atoms with Crippen molar-refractivity contribution in [2.75, 3.05) is 12.3 Å². The van der Waals surface area contributed by atoms with Crippen LogP contribution in [0.1, 0.15) is 16.7 Å². The van der Waals surface area contributed by atoms with E-state index >= 15 is 0 Å². The second-order valence-electron chi connectivity index (χ2n) is 5.45. The third-order valence-electron chi connectivity index (χ3n) is 3.50. The lowest BCUT2D eigenvalue weighted by Crippen LogP contribution is -2.27. The molecule has 126 valence electrons. The van der Waals surface area contributed by atoms with Crippen LogP contribution in [0.2, 0.25) is 0 Å². The highest BCUT2D eigenvalue weighted by molar-refractivity contribution is 7.98. The molecule has 5 nitrogen and oxygen atoms in total. The number of aryl methyl sites for hydroxylation is 1. The first-order chi connectivity index (χ1) is 11.6. The molecule has 0 aliphatic carbocycles. The minimum atomic E-state index is -0.458. The number of para-hydroxylation sites is 1. The summed E-state index contributed by atoms with van der Waals surface area (Å²) in [6, 6.07) is 14.7. The van der Waals surface area contributed by atoms with Crippen LogP contribution in [0.25, 0.3) is 0 Å². The molecule has 0 saturated heterocycles. The topological polar surface area (TPSA) is 72.2 Å². The van der Waals surface area contributed by atoms with Crippen molar-refractivity contribution in [3.8, 4) is 0 Å². The lowest BCUT2D eigenvalue weighted by Gasteiger charge is -2.06. The Labute approximate surface area is 145 Å². The van der Waals surface area contributed by atoms with E-state index in [9.17, 15) is 14.9 Å². The summed E-state index contributed by atoms with van der Waals surface area (Å²) < 4.78 is 0. The minimum Gasteiger partial charge on any atom is -0.355 e. The van der Waals surface area contributed by atoms with Crippen molar-refractivity contribution < 1.29 is 9.72 Å². The molecule has 0 aliphatic heterocycles. The number of carbonyl (C=O) groups excluding carboxylic acids is 1. The molecule has 2 aromatic rings. The highest BCUT2D eigenvalue weighted by atomic mass is 32.2. The van der Waals surface area contributed by atoms with Gasteiger partial charge in [0.15, 0.2) is 0 Å². The molecule has 0 saturated carbocycles. The fraction of sp³-hybridized carbons (Fsp3) is 0.278. The average Bonchev–Trinajstić information content (AvgIpc) is 2.56. The number of rotatable bonds is 8. The summed E-state index contributed by atoms with van der Waals surface area (Å²) in [7, 11) is 0. The Morgan fingerprint density at radius 3 is 2.58 bits per heavy atom. The molecule has 0 aliphatic rings. The summed E-state index contributed by atoms with van der Waals surface area (Å²) in [5.41, 5.74) is 2.93. The van der Waals surface area contributed by atoms with Gasteiger partial charge in [0.25, 0.3) is 5.69 Å². The summed E-state index contributed by atoms with van der Waals surface area (Å²) >= 11 is 1.75. The molecule has 0 spiro atoms. The molecule has 0 atom stereocenters. The predicted molar refractivity (Wildman–Crippen MR) is 97.2 cm³/mol. The monoisotopic (exact) mass is 344 g/mol. The molecule has 2 rings (SSSR count). The van der Waals surface area contributed by atoms with Crippen molar-refractivity contribution in [2.45, 2.75) is 19.1 Å². The third-order valence-corrected chi connectivity index (χ3v) is 4.53. The van der Waals surface area contributed by atoms with Crippen LogP contribution in [0.3, 0.4) is 0 Å². The maximum Gasteiger partial charge on any atom is 0.273 e. The number of nitrogens with one attached hydrogen (secondary N) is 1. The fourth-order valence-corrected chi connectivity index (χ4v) is 3.03. The van der Waals surface area contributed by atoms with Gasteiger partial charge in [0.05, 0.1) is 11.3 Å². The number of hydrogen-bond acceptors (Lipinski definition) is 4. The molecule has 1 N–H and O–H groups in total. The first-order valence-electron chi connectivity index (χ1n) is 7.68. The first-order valence-corrected chi connectivity index (χ1v) is 8.84. The van der Waals surface area contributed by atoms with E-state index in [1.165, 1.54) is 17.2 Å². The number of carbonyl (C=O) groups is 1. The van der Waals surface area contributed by atoms with E-state index in [-0.39, 0.29) is 18.0 Å². The highest BCUT2D eigenvalue weighted by Crippen LogP contribution is 2.18. The Balaban J connectivity index is 1.70. The van der Waals surface area contributed by atoms with Crippen molar-refractivity contribution in [1.29, 1.82) is 0 Å². The molecule has 0 unspecified atom stereocenters. The smallest absolute Gasteiger partial charge is 0.273 e. The number of benzene rings is 2. The third kappa shape index (κ3) is 5.70. The van der Waals surface area contributed by atoms with Gasteiger partial charge in [-0.05, 0) is 12.5 Å². The largest absolute Gasteiger partial charge is 0.355 e. The Hall–Kier alpha value is -2.34. The van der Waals surface area contributed by atoms with E-state index in [0.717, 1.165) is 11.5 Å². The molecular weight excluding hydrogens is 324 g/mol. The van der Waals surface area contributed by atoms with Crippen molar-refractivity contribution in [3.05, 3.63) is 75.3 Å². The van der Waals surface area contributed by atoms with Gasteiger partial charge in [0.2, 0.25) is 5.91 Å². The summed E-state index contributed by atoms with van der Waals surface area (Å²) in [6.45, 7) is 2.61. The van der Waals surface area contributed by atoms with Gasteiger partial charge in [-0.3, -0.25) is 14.9 Å². The van der Waals surface area contributed by atoms with Crippen molar-refractivity contribution in [1.82, 2.24) is 5.32 Å². The van der Waals surface area contributed by atoms with Crippen molar-refractivity contribution in [2.24, 2.45) is 0 Å². The normalized spacial score (nSPS) is 10.4. The fourth-order valence-electron chi connectivity index (χ4n) is 2.21. The van der Waals surface area contributed by atoms with Gasteiger partial charge < -0.3 is 5.32 Å². The molecule has 6 heteroatoms. The SMILES string of the molecule is Cc1ccc(CSCCNC(=O)Cc2ccccc2[N+](=O)[O-])cc1. The number of nitrogens with zero attached hydrogens (tertiary/aromatic N) is 1. The van der Waals surface area contributed by atoms with Crippen molar-refractivity contribution in [3.63, 3.8) is 0 Å². The summed E-state index contributed by atoms with van der Waals surface area (Å²) in [5, 5.41) is 13.7. The van der Waals surface area contributed by atoms with E-state index < -0.39 is 4.92 Å². The lowest BCUT2D eigenvalue weighted by molar-refractivity contribution is -0.385. The molecule has 0 aromatic heterocycles. The Kier molecular flexibility index (Phi) is 6.81. The van der Waals surface area contributed by atoms with E-state index in [1.807, 2.05) is 0 Å². The Morgan fingerprint density at radius 1 is 1.17 bits per heavy atom. The van der Waals surface area contributed by atoms with Crippen LogP contribution in [-0.4, -0.2) is 23.1 Å². The standard InChI is InChI=1S/C18H20N2O3S/c1-14-6-8-15(9-7-14)13-24-11-10-19-18(21)12-16-4-2-3-5-17(16)20(22)23/h2-9H,10-13H2,1H3,(H,19,21). The van der Waals surface area contributed by atoms with Crippen LogP contribution in [0.5, 0.6) is 0 Å². The lowest BCUT2D eigenvalue weighted by atomic mass is 10.1. The Morgan fingerprint density at radius 2 is 1.88 bits per heavy atom. The number of thioether (sulfide) groups is 1. The molecule has 0 fully saturated rings. The van der Waals surface area contributed by atoms with Crippen LogP contribution in [0, 0.1) is 17.0 Å². The average molecular weight is 344 g/mol. The molecule has 2 aromatic carbocycles. The predicted octanol–water partition coefficient (Wildman–Crippen LogP) is 3.50. The van der Waals surface area contributed by atoms with E-state index in [4.69, 9.17) is 0 Å². The maximum absolute atomic E-state index is 11.9. The number of hydrogen-bond donors (Lipinski definition) is 1. The molecule has 1 amide bonds. The van der Waals surface area contributed by atoms with Crippen LogP contribution < -0.4 is 5.32 Å². The zero-order chi connectivity index (χ0) is 17.4. The van der Waals surface area contributed by atoms with Crippen LogP contribution in [-0.2, 0) is 17.0 Å². The van der Waals surface area contributed by atoms with E-state index in [2.05, 4.69) is 36.5 Å². The van der Waals surface area contributed by atoms with Gasteiger partial charge >= 0.3 is 0 Å². The summed E-state index contributed by atoms with van der Waals surface area (Å²) in [4.78, 5) is 22.4. The zero-order valence-corrected chi connectivity index (χ0v) is 14.3. The molecule has 24 heavy (non-hydrogen) atoms. The number of nitro benzene ring substituents is 1. The number of amides is 1. The van der Waals surface area contributed by atoms with E-state index in [0.29, 0.717) is 12.1 Å². The Bertz CT molecular complexity index is 702. The maximum atomic E-state index is 11.9. The second-order valence-corrected chi connectivity index (χ2v) is 6.56. The van der Waals surface area contributed by atoms with Crippen LogP contribution in [0.15, 0.2) is 48.5 Å². The molecule has 0 bridgehead atoms. The zero-order valence-electron chi connectivity index (χ0n) is 13.5. The second kappa shape index (κ2) is 9.08. The molecule has 0 radical (unpaired) electrons. The van der Waals surface area contributed by atoms with Crippen molar-refractivity contribution >= 4 is 23.4 Å². The number of nitro groups is 1. The van der Waals surface area contributed by atoms with Gasteiger partial charge in [-0.1, -0.05) is 48.0 Å². The van der Waals surface area contributed by atoms with Gasteiger partial charge in [0.1, 0.15) is 0 Å². The highest BCUT2D eigenvalue weighted by Gasteiger charge is 2.14. The van der Waals surface area contributed by atoms with Gasteiger partial charge in [-0.2, -0.15) is 11.8 Å². The first kappa shape index (κ1) is 18.0. The summed E-state index contributed by atoms with van der Waals surface area (Å²) in [6.07, 6.45) is 0.0276. The quantitative estimate of drug-likeness (QED) is 0.452. The van der Waals surface area contributed by atoms with E-state index in [1.54, 1.807) is 30.0 Å². The van der Waals surface area contributed by atoms with Gasteiger partial charge in [-0.25, -0.2) is 0 Å². The van der Waals surface area contributed by atoms with Crippen LogP contribution >= 0.6 is 11.8 Å². The molecule has 0 heterocycles. The van der Waals surface area contributed by atoms with Crippen LogP contribution in [0.4, 0.5) is 5.69 Å².